The van der Waals surface area contributed by atoms with Crippen molar-refractivity contribution in [1.82, 2.24) is 15.5 Å². The van der Waals surface area contributed by atoms with Crippen LogP contribution in [0.2, 0.25) is 0 Å². The van der Waals surface area contributed by atoms with Crippen molar-refractivity contribution >= 4 is 23.5 Å². The summed E-state index contributed by atoms with van der Waals surface area (Å²) in [5, 5.41) is 7.84. The summed E-state index contributed by atoms with van der Waals surface area (Å²) in [6.45, 7) is 5.63. The summed E-state index contributed by atoms with van der Waals surface area (Å²) in [4.78, 5) is 38.4. The predicted octanol–water partition coefficient (Wildman–Crippen LogP) is 1.55. The highest BCUT2D eigenvalue weighted by Crippen LogP contribution is 2.27. The second-order valence-electron chi connectivity index (χ2n) is 6.80. The van der Waals surface area contributed by atoms with E-state index in [-0.39, 0.29) is 11.9 Å². The molecule has 0 aliphatic carbocycles. The number of nitrogens with one attached hydrogen (secondary N) is 3. The van der Waals surface area contributed by atoms with E-state index in [0.717, 1.165) is 32.4 Å². The summed E-state index contributed by atoms with van der Waals surface area (Å²) in [7, 11) is 0. The first kappa shape index (κ1) is 17.4. The minimum atomic E-state index is -1.13. The molecule has 2 aliphatic rings. The van der Waals surface area contributed by atoms with Crippen LogP contribution < -0.4 is 16.0 Å². The molecule has 3 rings (SSSR count). The van der Waals surface area contributed by atoms with Crippen molar-refractivity contribution in [2.24, 2.45) is 0 Å². The molecule has 0 aromatic heterocycles. The van der Waals surface area contributed by atoms with Gasteiger partial charge in [0.05, 0.1) is 6.04 Å². The third-order valence-corrected chi connectivity index (χ3v) is 4.93. The van der Waals surface area contributed by atoms with Gasteiger partial charge in [-0.3, -0.25) is 19.8 Å². The molecule has 3 N–H and O–H groups in total. The molecule has 134 valence electrons. The maximum Gasteiger partial charge on any atom is 0.322 e. The van der Waals surface area contributed by atoms with Crippen LogP contribution in [0.15, 0.2) is 24.3 Å². The molecule has 1 aromatic carbocycles. The number of amides is 4. The number of anilines is 1. The molecule has 1 aromatic rings. The molecular formula is C18H24N4O3. The summed E-state index contributed by atoms with van der Waals surface area (Å²) in [5.41, 5.74) is 0.130. The van der Waals surface area contributed by atoms with Crippen LogP contribution in [-0.4, -0.2) is 41.9 Å². The van der Waals surface area contributed by atoms with Gasteiger partial charge in [0.25, 0.3) is 5.91 Å². The van der Waals surface area contributed by atoms with E-state index in [0.29, 0.717) is 11.3 Å². The normalized spacial score (nSPS) is 26.4. The van der Waals surface area contributed by atoms with Gasteiger partial charge in [0.15, 0.2) is 0 Å². The lowest BCUT2D eigenvalue weighted by molar-refractivity contribution is -0.123. The first-order valence-electron chi connectivity index (χ1n) is 8.73. The van der Waals surface area contributed by atoms with Crippen molar-refractivity contribution in [3.05, 3.63) is 29.8 Å². The minimum Gasteiger partial charge on any atom is -0.325 e. The van der Waals surface area contributed by atoms with E-state index in [9.17, 15) is 14.4 Å². The standard InChI is InChI=1S/C18H24N4O3/c1-3-9-22-10-5-8-14(22)15(23)19-13-7-4-6-12(11-13)18(2)16(24)20-17(25)21-18/h4,6-7,11,14H,3,5,8-10H2,1-2H3,(H,19,23)(H2,20,21,24,25)/t14-,18-/m0/s1. The Morgan fingerprint density at radius 2 is 2.20 bits per heavy atom. The second kappa shape index (κ2) is 6.84. The van der Waals surface area contributed by atoms with Gasteiger partial charge < -0.3 is 10.6 Å². The van der Waals surface area contributed by atoms with Gasteiger partial charge in [-0.05, 0) is 57.0 Å². The van der Waals surface area contributed by atoms with Crippen LogP contribution in [0, 0.1) is 0 Å². The number of hydrogen-bond donors (Lipinski definition) is 3. The smallest absolute Gasteiger partial charge is 0.322 e. The molecule has 0 bridgehead atoms. The number of likely N-dealkylation sites (tertiary alicyclic amines) is 1. The Labute approximate surface area is 147 Å². The van der Waals surface area contributed by atoms with Crippen LogP contribution in [0.4, 0.5) is 10.5 Å². The van der Waals surface area contributed by atoms with Gasteiger partial charge in [0.1, 0.15) is 5.54 Å². The number of hydrogen-bond acceptors (Lipinski definition) is 4. The summed E-state index contributed by atoms with van der Waals surface area (Å²) < 4.78 is 0. The molecule has 25 heavy (non-hydrogen) atoms. The first-order chi connectivity index (χ1) is 11.9. The van der Waals surface area contributed by atoms with E-state index >= 15 is 0 Å². The Morgan fingerprint density at radius 1 is 1.40 bits per heavy atom. The molecule has 4 amide bonds. The van der Waals surface area contributed by atoms with Gasteiger partial charge in [-0.15, -0.1) is 0 Å². The molecule has 2 aliphatic heterocycles. The van der Waals surface area contributed by atoms with Crippen molar-refractivity contribution in [3.8, 4) is 0 Å². The molecule has 2 fully saturated rings. The monoisotopic (exact) mass is 344 g/mol. The molecule has 0 radical (unpaired) electrons. The van der Waals surface area contributed by atoms with E-state index in [1.807, 2.05) is 0 Å². The molecule has 0 saturated carbocycles. The van der Waals surface area contributed by atoms with Crippen LogP contribution in [0.25, 0.3) is 0 Å². The zero-order valence-corrected chi connectivity index (χ0v) is 14.6. The Hall–Kier alpha value is -2.41. The molecule has 2 saturated heterocycles. The number of urea groups is 1. The summed E-state index contributed by atoms with van der Waals surface area (Å²) in [5.74, 6) is -0.418. The van der Waals surface area contributed by atoms with Crippen LogP contribution in [-0.2, 0) is 15.1 Å². The topological polar surface area (TPSA) is 90.5 Å². The fourth-order valence-corrected chi connectivity index (χ4v) is 3.56. The molecular weight excluding hydrogens is 320 g/mol. The zero-order valence-electron chi connectivity index (χ0n) is 14.6. The Bertz CT molecular complexity index is 705. The molecule has 0 unspecified atom stereocenters. The zero-order chi connectivity index (χ0) is 18.0. The Morgan fingerprint density at radius 3 is 2.88 bits per heavy atom. The van der Waals surface area contributed by atoms with Crippen LogP contribution in [0.1, 0.15) is 38.7 Å². The highest BCUT2D eigenvalue weighted by atomic mass is 16.2. The van der Waals surface area contributed by atoms with Crippen molar-refractivity contribution in [3.63, 3.8) is 0 Å². The quantitative estimate of drug-likeness (QED) is 0.707. The molecule has 2 heterocycles. The number of benzene rings is 1. The average molecular weight is 344 g/mol. The van der Waals surface area contributed by atoms with E-state index in [4.69, 9.17) is 0 Å². The highest BCUT2D eigenvalue weighted by molar-refractivity contribution is 6.07. The highest BCUT2D eigenvalue weighted by Gasteiger charge is 2.43. The van der Waals surface area contributed by atoms with Gasteiger partial charge in [-0.25, -0.2) is 4.79 Å². The maximum atomic E-state index is 12.6. The summed E-state index contributed by atoms with van der Waals surface area (Å²) in [6, 6.07) is 6.45. The van der Waals surface area contributed by atoms with Gasteiger partial charge in [-0.1, -0.05) is 19.1 Å². The minimum absolute atomic E-state index is 0.0202. The number of nitrogens with zero attached hydrogens (tertiary/aromatic N) is 1. The molecule has 7 nitrogen and oxygen atoms in total. The number of rotatable bonds is 5. The summed E-state index contributed by atoms with van der Waals surface area (Å²) in [6.07, 6.45) is 2.91. The van der Waals surface area contributed by atoms with Crippen molar-refractivity contribution in [1.29, 1.82) is 0 Å². The third-order valence-electron chi connectivity index (χ3n) is 4.93. The largest absolute Gasteiger partial charge is 0.325 e. The van der Waals surface area contributed by atoms with Crippen LogP contribution >= 0.6 is 0 Å². The van der Waals surface area contributed by atoms with E-state index in [1.165, 1.54) is 0 Å². The SMILES string of the molecule is CCCN1CCC[C@H]1C(=O)Nc1cccc([C@]2(C)NC(=O)NC2=O)c1. The number of carbonyl (C=O) groups is 3. The van der Waals surface area contributed by atoms with Crippen molar-refractivity contribution in [2.45, 2.75) is 44.7 Å². The molecule has 0 spiro atoms. The van der Waals surface area contributed by atoms with Gasteiger partial charge in [-0.2, -0.15) is 0 Å². The predicted molar refractivity (Wildman–Crippen MR) is 94.0 cm³/mol. The fourth-order valence-electron chi connectivity index (χ4n) is 3.56. The number of carbonyl (C=O) groups excluding carboxylic acids is 3. The Kier molecular flexibility index (Phi) is 4.76. The lowest BCUT2D eigenvalue weighted by Crippen LogP contribution is -2.41. The maximum absolute atomic E-state index is 12.6. The van der Waals surface area contributed by atoms with E-state index in [2.05, 4.69) is 27.8 Å². The summed E-state index contributed by atoms with van der Waals surface area (Å²) >= 11 is 0. The van der Waals surface area contributed by atoms with Crippen molar-refractivity contribution in [2.75, 3.05) is 18.4 Å². The average Bonchev–Trinajstić information content (AvgIpc) is 3.13. The lowest BCUT2D eigenvalue weighted by Gasteiger charge is -2.24. The fraction of sp³-hybridized carbons (Fsp3) is 0.500. The van der Waals surface area contributed by atoms with Gasteiger partial charge in [0, 0.05) is 5.69 Å². The first-order valence-corrected chi connectivity index (χ1v) is 8.73. The Balaban J connectivity index is 1.75. The number of imide groups is 1. The lowest BCUT2D eigenvalue weighted by atomic mass is 9.92. The molecule has 7 heteroatoms. The van der Waals surface area contributed by atoms with E-state index < -0.39 is 17.5 Å². The van der Waals surface area contributed by atoms with Gasteiger partial charge >= 0.3 is 6.03 Å². The van der Waals surface area contributed by atoms with Crippen molar-refractivity contribution < 1.29 is 14.4 Å². The van der Waals surface area contributed by atoms with E-state index in [1.54, 1.807) is 31.2 Å². The third kappa shape index (κ3) is 3.37. The van der Waals surface area contributed by atoms with Crippen LogP contribution in [0.5, 0.6) is 0 Å². The molecule has 2 atom stereocenters. The van der Waals surface area contributed by atoms with Gasteiger partial charge in [0.2, 0.25) is 5.91 Å². The van der Waals surface area contributed by atoms with Crippen LogP contribution in [0.3, 0.4) is 0 Å². The second-order valence-corrected chi connectivity index (χ2v) is 6.80.